The fourth-order valence-corrected chi connectivity index (χ4v) is 4.11. The van der Waals surface area contributed by atoms with Crippen molar-refractivity contribution < 1.29 is 9.53 Å². The highest BCUT2D eigenvalue weighted by atomic mass is 127. The SMILES string of the molecule is CCNC(=NCc1cccnc1OC1CCCC1)N1CCCC(CC(N)=O)C1.I. The second-order valence-electron chi connectivity index (χ2n) is 7.79. The number of hydrogen-bond acceptors (Lipinski definition) is 4. The van der Waals surface area contributed by atoms with Crippen molar-refractivity contribution in [2.75, 3.05) is 19.6 Å². The van der Waals surface area contributed by atoms with Gasteiger partial charge in [-0.05, 0) is 57.4 Å². The number of aromatic nitrogens is 1. The van der Waals surface area contributed by atoms with Gasteiger partial charge in [0, 0.05) is 37.8 Å². The molecule has 0 radical (unpaired) electrons. The summed E-state index contributed by atoms with van der Waals surface area (Å²) in [5.41, 5.74) is 6.41. The second kappa shape index (κ2) is 12.2. The first kappa shape index (κ1) is 23.7. The van der Waals surface area contributed by atoms with Crippen LogP contribution in [0.3, 0.4) is 0 Å². The fourth-order valence-electron chi connectivity index (χ4n) is 4.11. The van der Waals surface area contributed by atoms with Crippen LogP contribution in [0, 0.1) is 5.92 Å². The summed E-state index contributed by atoms with van der Waals surface area (Å²) < 4.78 is 6.14. The van der Waals surface area contributed by atoms with E-state index < -0.39 is 0 Å². The van der Waals surface area contributed by atoms with Gasteiger partial charge >= 0.3 is 0 Å². The predicted molar refractivity (Wildman–Crippen MR) is 125 cm³/mol. The number of ether oxygens (including phenoxy) is 1. The molecule has 0 aromatic carbocycles. The van der Waals surface area contributed by atoms with E-state index in [2.05, 4.69) is 22.1 Å². The van der Waals surface area contributed by atoms with Crippen LogP contribution in [0.1, 0.15) is 57.4 Å². The van der Waals surface area contributed by atoms with Crippen molar-refractivity contribution in [1.29, 1.82) is 0 Å². The van der Waals surface area contributed by atoms with Crippen molar-refractivity contribution in [3.8, 4) is 5.88 Å². The van der Waals surface area contributed by atoms with Crippen LogP contribution in [-0.4, -0.2) is 47.5 Å². The van der Waals surface area contributed by atoms with E-state index in [1.807, 2.05) is 12.1 Å². The van der Waals surface area contributed by atoms with Gasteiger partial charge in [-0.15, -0.1) is 24.0 Å². The molecule has 2 fully saturated rings. The Morgan fingerprint density at radius 2 is 2.14 bits per heavy atom. The van der Waals surface area contributed by atoms with E-state index in [0.717, 1.165) is 56.8 Å². The summed E-state index contributed by atoms with van der Waals surface area (Å²) >= 11 is 0. The monoisotopic (exact) mass is 515 g/mol. The van der Waals surface area contributed by atoms with Gasteiger partial charge in [0.05, 0.1) is 6.54 Å². The van der Waals surface area contributed by atoms with Crippen molar-refractivity contribution in [3.63, 3.8) is 0 Å². The average molecular weight is 515 g/mol. The first-order chi connectivity index (χ1) is 13.7. The normalized spacial score (nSPS) is 20.2. The van der Waals surface area contributed by atoms with E-state index in [4.69, 9.17) is 15.5 Å². The van der Waals surface area contributed by atoms with Crippen molar-refractivity contribution in [2.24, 2.45) is 16.6 Å². The smallest absolute Gasteiger partial charge is 0.218 e. The molecule has 1 atom stereocenters. The summed E-state index contributed by atoms with van der Waals surface area (Å²) in [7, 11) is 0. The molecule has 2 heterocycles. The third kappa shape index (κ3) is 7.31. The lowest BCUT2D eigenvalue weighted by molar-refractivity contribution is -0.119. The molecule has 2 aliphatic rings. The van der Waals surface area contributed by atoms with E-state index in [-0.39, 0.29) is 36.0 Å². The number of hydrogen-bond donors (Lipinski definition) is 2. The summed E-state index contributed by atoms with van der Waals surface area (Å²) in [5, 5.41) is 3.39. The lowest BCUT2D eigenvalue weighted by atomic mass is 9.95. The Bertz CT molecular complexity index is 679. The number of pyridine rings is 1. The molecule has 0 spiro atoms. The van der Waals surface area contributed by atoms with E-state index >= 15 is 0 Å². The lowest BCUT2D eigenvalue weighted by Gasteiger charge is -2.34. The number of nitrogens with one attached hydrogen (secondary N) is 1. The van der Waals surface area contributed by atoms with E-state index in [9.17, 15) is 4.79 Å². The number of rotatable bonds is 7. The zero-order valence-corrected chi connectivity index (χ0v) is 19.6. The van der Waals surface area contributed by atoms with Gasteiger partial charge < -0.3 is 20.7 Å². The Morgan fingerprint density at radius 3 is 2.86 bits per heavy atom. The van der Waals surface area contributed by atoms with Crippen molar-refractivity contribution in [3.05, 3.63) is 23.9 Å². The zero-order valence-electron chi connectivity index (χ0n) is 17.3. The molecular weight excluding hydrogens is 481 g/mol. The maximum atomic E-state index is 11.3. The molecule has 1 saturated carbocycles. The van der Waals surface area contributed by atoms with Crippen molar-refractivity contribution in [2.45, 2.75) is 64.5 Å². The summed E-state index contributed by atoms with van der Waals surface area (Å²) in [6, 6.07) is 3.97. The molecule has 0 bridgehead atoms. The minimum absolute atomic E-state index is 0. The summed E-state index contributed by atoms with van der Waals surface area (Å²) in [4.78, 5) is 22.8. The third-order valence-electron chi connectivity index (χ3n) is 5.47. The van der Waals surface area contributed by atoms with Crippen LogP contribution in [0.4, 0.5) is 0 Å². The first-order valence-corrected chi connectivity index (χ1v) is 10.6. The molecule has 1 amide bonds. The van der Waals surface area contributed by atoms with E-state index in [1.165, 1.54) is 12.8 Å². The summed E-state index contributed by atoms with van der Waals surface area (Å²) in [6.07, 6.45) is 9.27. The van der Waals surface area contributed by atoms with Crippen LogP contribution < -0.4 is 15.8 Å². The van der Waals surface area contributed by atoms with Gasteiger partial charge in [-0.3, -0.25) is 4.79 Å². The van der Waals surface area contributed by atoms with Gasteiger partial charge in [0.1, 0.15) is 6.10 Å². The molecule has 1 aromatic rings. The van der Waals surface area contributed by atoms with Gasteiger partial charge in [-0.25, -0.2) is 9.98 Å². The Labute approximate surface area is 190 Å². The van der Waals surface area contributed by atoms with Crippen LogP contribution >= 0.6 is 24.0 Å². The first-order valence-electron chi connectivity index (χ1n) is 10.6. The Balaban J connectivity index is 0.00000300. The van der Waals surface area contributed by atoms with Gasteiger partial charge in [0.15, 0.2) is 5.96 Å². The number of nitrogens with two attached hydrogens (primary N) is 1. The topological polar surface area (TPSA) is 92.8 Å². The van der Waals surface area contributed by atoms with E-state index in [1.54, 1.807) is 6.20 Å². The van der Waals surface area contributed by atoms with Crippen LogP contribution in [0.25, 0.3) is 0 Å². The molecule has 1 aliphatic carbocycles. The van der Waals surface area contributed by atoms with Gasteiger partial charge in [0.25, 0.3) is 0 Å². The summed E-state index contributed by atoms with van der Waals surface area (Å²) in [6.45, 7) is 5.15. The maximum absolute atomic E-state index is 11.3. The number of carbonyl (C=O) groups excluding carboxylic acids is 1. The number of carbonyl (C=O) groups is 1. The van der Waals surface area contributed by atoms with Crippen molar-refractivity contribution >= 4 is 35.8 Å². The number of likely N-dealkylation sites (tertiary alicyclic amines) is 1. The molecule has 8 heteroatoms. The molecular formula is C21H34IN5O2. The minimum Gasteiger partial charge on any atom is -0.474 e. The number of amides is 1. The van der Waals surface area contributed by atoms with Gasteiger partial charge in [0.2, 0.25) is 11.8 Å². The highest BCUT2D eigenvalue weighted by Gasteiger charge is 2.24. The number of halogens is 1. The largest absolute Gasteiger partial charge is 0.474 e. The molecule has 1 aliphatic heterocycles. The van der Waals surface area contributed by atoms with Crippen molar-refractivity contribution in [1.82, 2.24) is 15.2 Å². The molecule has 7 nitrogen and oxygen atoms in total. The number of guanidine groups is 1. The van der Waals surface area contributed by atoms with Crippen LogP contribution in [0.2, 0.25) is 0 Å². The molecule has 1 aromatic heterocycles. The lowest BCUT2D eigenvalue weighted by Crippen LogP contribution is -2.47. The minimum atomic E-state index is -0.224. The van der Waals surface area contributed by atoms with Gasteiger partial charge in [-0.1, -0.05) is 6.07 Å². The molecule has 3 rings (SSSR count). The number of aliphatic imine (C=N–C) groups is 1. The Kier molecular flexibility index (Phi) is 9.96. The fraction of sp³-hybridized carbons (Fsp3) is 0.667. The maximum Gasteiger partial charge on any atom is 0.218 e. The second-order valence-corrected chi connectivity index (χ2v) is 7.79. The number of nitrogens with zero attached hydrogens (tertiary/aromatic N) is 3. The molecule has 162 valence electrons. The van der Waals surface area contributed by atoms with Crippen LogP contribution in [0.5, 0.6) is 5.88 Å². The Morgan fingerprint density at radius 1 is 1.34 bits per heavy atom. The zero-order chi connectivity index (χ0) is 19.8. The van der Waals surface area contributed by atoms with Crippen LogP contribution in [0.15, 0.2) is 23.3 Å². The van der Waals surface area contributed by atoms with Crippen LogP contribution in [-0.2, 0) is 11.3 Å². The summed E-state index contributed by atoms with van der Waals surface area (Å²) in [5.74, 6) is 1.67. The van der Waals surface area contributed by atoms with E-state index in [0.29, 0.717) is 24.8 Å². The molecule has 1 unspecified atom stereocenters. The standard InChI is InChI=1S/C21H33N5O2.HI/c1-2-23-21(26-12-6-7-16(15-26)13-19(22)27)25-14-17-8-5-11-24-20(17)28-18-9-3-4-10-18;/h5,8,11,16,18H,2-4,6-7,9-10,12-15H2,1H3,(H2,22,27)(H,23,25);1H. The quantitative estimate of drug-likeness (QED) is 0.331. The Hall–Kier alpha value is -1.58. The highest BCUT2D eigenvalue weighted by Crippen LogP contribution is 2.25. The molecule has 3 N–H and O–H groups in total. The van der Waals surface area contributed by atoms with Gasteiger partial charge in [-0.2, -0.15) is 0 Å². The average Bonchev–Trinajstić information content (AvgIpc) is 3.19. The highest BCUT2D eigenvalue weighted by molar-refractivity contribution is 14.0. The third-order valence-corrected chi connectivity index (χ3v) is 5.47. The molecule has 1 saturated heterocycles. The predicted octanol–water partition coefficient (Wildman–Crippen LogP) is 3.07. The number of piperidine rings is 1. The number of primary amides is 1. The molecule has 29 heavy (non-hydrogen) atoms.